The molecule has 26 heavy (non-hydrogen) atoms. The van der Waals surface area contributed by atoms with Gasteiger partial charge in [-0.3, -0.25) is 14.6 Å². The number of halogens is 1. The zero-order chi connectivity index (χ0) is 17.8. The predicted octanol–water partition coefficient (Wildman–Crippen LogP) is 4.95. The zero-order valence-electron chi connectivity index (χ0n) is 13.4. The number of rotatable bonds is 1. The molecule has 1 aromatic heterocycles. The van der Waals surface area contributed by atoms with E-state index in [0.717, 1.165) is 20.6 Å². The number of hydrogen-bond acceptors (Lipinski definition) is 3. The Labute approximate surface area is 157 Å². The van der Waals surface area contributed by atoms with Crippen molar-refractivity contribution >= 4 is 55.0 Å². The highest BCUT2D eigenvalue weighted by molar-refractivity contribution is 9.10. The fourth-order valence-corrected chi connectivity index (χ4v) is 4.04. The second kappa shape index (κ2) is 5.47. The van der Waals surface area contributed by atoms with Crippen molar-refractivity contribution in [3.8, 4) is 0 Å². The van der Waals surface area contributed by atoms with Crippen LogP contribution in [0.4, 0.5) is 5.69 Å². The molecule has 0 atom stereocenters. The fraction of sp³-hybridized carbons (Fsp3) is 0. The Kier molecular flexibility index (Phi) is 3.21. The number of carbonyl (C=O) groups is 2. The third-order valence-electron chi connectivity index (χ3n) is 4.75. The van der Waals surface area contributed by atoms with Crippen LogP contribution >= 0.6 is 15.9 Å². The number of nitrogens with zero attached hydrogens (tertiary/aromatic N) is 2. The summed E-state index contributed by atoms with van der Waals surface area (Å²) in [5, 5.41) is 3.26. The standard InChI is InChI=1S/C21H11BrN2O2/c22-17-8-7-16-19-14(17)4-2-5-15(19)20(25)24(21(16)26)18-6-1-3-12-11-23-10-9-13(12)18/h1-11H. The van der Waals surface area contributed by atoms with Crippen LogP contribution in [0.3, 0.4) is 0 Å². The number of pyridine rings is 1. The van der Waals surface area contributed by atoms with Gasteiger partial charge in [-0.25, -0.2) is 4.90 Å². The van der Waals surface area contributed by atoms with Gasteiger partial charge < -0.3 is 0 Å². The number of anilines is 1. The molecule has 0 fully saturated rings. The van der Waals surface area contributed by atoms with E-state index in [9.17, 15) is 9.59 Å². The SMILES string of the molecule is O=C1c2cccc3c(Br)ccc(c23)C(=O)N1c1cccc2cnccc12. The quantitative estimate of drug-likeness (QED) is 0.423. The van der Waals surface area contributed by atoms with Crippen LogP contribution < -0.4 is 4.90 Å². The summed E-state index contributed by atoms with van der Waals surface area (Å²) in [6.45, 7) is 0. The third-order valence-corrected chi connectivity index (χ3v) is 5.44. The second-order valence-corrected chi connectivity index (χ2v) is 7.00. The Morgan fingerprint density at radius 3 is 2.42 bits per heavy atom. The monoisotopic (exact) mass is 402 g/mol. The summed E-state index contributed by atoms with van der Waals surface area (Å²) < 4.78 is 0.864. The molecule has 0 bridgehead atoms. The Morgan fingerprint density at radius 1 is 0.808 bits per heavy atom. The molecule has 1 aliphatic rings. The summed E-state index contributed by atoms with van der Waals surface area (Å²) in [7, 11) is 0. The van der Waals surface area contributed by atoms with E-state index in [0.29, 0.717) is 22.2 Å². The number of imide groups is 1. The molecular weight excluding hydrogens is 392 g/mol. The number of benzene rings is 3. The molecule has 2 heterocycles. The van der Waals surface area contributed by atoms with Crippen LogP contribution in [0.5, 0.6) is 0 Å². The molecule has 1 aliphatic heterocycles. The lowest BCUT2D eigenvalue weighted by Gasteiger charge is -2.28. The molecule has 3 aromatic carbocycles. The van der Waals surface area contributed by atoms with Crippen molar-refractivity contribution in [1.29, 1.82) is 0 Å². The van der Waals surface area contributed by atoms with E-state index in [1.807, 2.05) is 36.4 Å². The van der Waals surface area contributed by atoms with E-state index >= 15 is 0 Å². The van der Waals surface area contributed by atoms with Gasteiger partial charge in [0.2, 0.25) is 0 Å². The number of carbonyl (C=O) groups excluding carboxylic acids is 2. The van der Waals surface area contributed by atoms with E-state index in [2.05, 4.69) is 20.9 Å². The van der Waals surface area contributed by atoms with Gasteiger partial charge in [-0.1, -0.05) is 40.2 Å². The van der Waals surface area contributed by atoms with E-state index in [-0.39, 0.29) is 11.8 Å². The molecule has 0 spiro atoms. The lowest BCUT2D eigenvalue weighted by atomic mass is 9.93. The molecule has 4 nitrogen and oxygen atoms in total. The van der Waals surface area contributed by atoms with Crippen molar-refractivity contribution in [3.05, 3.63) is 82.6 Å². The Bertz CT molecular complexity index is 1220. The van der Waals surface area contributed by atoms with Crippen molar-refractivity contribution in [2.24, 2.45) is 0 Å². The maximum atomic E-state index is 13.2. The summed E-state index contributed by atoms with van der Waals surface area (Å²) in [6.07, 6.45) is 3.39. The highest BCUT2D eigenvalue weighted by Crippen LogP contribution is 2.37. The number of fused-ring (bicyclic) bond motifs is 1. The number of amides is 2. The van der Waals surface area contributed by atoms with Gasteiger partial charge in [-0.2, -0.15) is 0 Å². The smallest absolute Gasteiger partial charge is 0.266 e. The van der Waals surface area contributed by atoms with Crippen molar-refractivity contribution in [2.75, 3.05) is 4.90 Å². The van der Waals surface area contributed by atoms with Gasteiger partial charge in [0.25, 0.3) is 11.8 Å². The fourth-order valence-electron chi connectivity index (χ4n) is 3.58. The van der Waals surface area contributed by atoms with E-state index in [1.54, 1.807) is 30.6 Å². The van der Waals surface area contributed by atoms with Crippen LogP contribution in [0.15, 0.2) is 71.5 Å². The summed E-state index contributed by atoms with van der Waals surface area (Å²) in [5.41, 5.74) is 1.64. The normalized spacial score (nSPS) is 13.7. The summed E-state index contributed by atoms with van der Waals surface area (Å²) in [6, 6.07) is 16.5. The van der Waals surface area contributed by atoms with Crippen molar-refractivity contribution in [3.63, 3.8) is 0 Å². The number of aromatic nitrogens is 1. The highest BCUT2D eigenvalue weighted by atomic mass is 79.9. The topological polar surface area (TPSA) is 50.3 Å². The molecule has 0 unspecified atom stereocenters. The first kappa shape index (κ1) is 15.2. The van der Waals surface area contributed by atoms with Crippen LogP contribution in [-0.2, 0) is 0 Å². The minimum atomic E-state index is -0.310. The molecule has 0 aliphatic carbocycles. The minimum Gasteiger partial charge on any atom is -0.268 e. The molecule has 4 aromatic rings. The molecule has 2 amide bonds. The Hall–Kier alpha value is -3.05. The highest BCUT2D eigenvalue weighted by Gasteiger charge is 2.34. The molecule has 5 rings (SSSR count). The van der Waals surface area contributed by atoms with Crippen LogP contribution in [0.25, 0.3) is 21.5 Å². The van der Waals surface area contributed by atoms with E-state index in [1.165, 1.54) is 4.90 Å². The largest absolute Gasteiger partial charge is 0.268 e. The maximum absolute atomic E-state index is 13.2. The zero-order valence-corrected chi connectivity index (χ0v) is 15.0. The Morgan fingerprint density at radius 2 is 1.58 bits per heavy atom. The van der Waals surface area contributed by atoms with Gasteiger partial charge in [0.05, 0.1) is 5.69 Å². The van der Waals surface area contributed by atoms with Gasteiger partial charge in [0.15, 0.2) is 0 Å². The van der Waals surface area contributed by atoms with Crippen molar-refractivity contribution < 1.29 is 9.59 Å². The maximum Gasteiger partial charge on any atom is 0.266 e. The van der Waals surface area contributed by atoms with Crippen LogP contribution in [0, 0.1) is 0 Å². The van der Waals surface area contributed by atoms with Crippen LogP contribution in [-0.4, -0.2) is 16.8 Å². The van der Waals surface area contributed by atoms with Gasteiger partial charge in [-0.05, 0) is 35.7 Å². The van der Waals surface area contributed by atoms with Gasteiger partial charge in [0, 0.05) is 44.2 Å². The van der Waals surface area contributed by atoms with E-state index in [4.69, 9.17) is 0 Å². The van der Waals surface area contributed by atoms with E-state index < -0.39 is 0 Å². The average Bonchev–Trinajstić information content (AvgIpc) is 2.67. The lowest BCUT2D eigenvalue weighted by Crippen LogP contribution is -2.40. The van der Waals surface area contributed by atoms with Crippen molar-refractivity contribution in [1.82, 2.24) is 4.98 Å². The van der Waals surface area contributed by atoms with Crippen LogP contribution in [0.2, 0.25) is 0 Å². The third kappa shape index (κ3) is 1.98. The first-order valence-corrected chi connectivity index (χ1v) is 8.89. The summed E-state index contributed by atoms with van der Waals surface area (Å²) in [5.74, 6) is -0.619. The van der Waals surface area contributed by atoms with Gasteiger partial charge in [-0.15, -0.1) is 0 Å². The summed E-state index contributed by atoms with van der Waals surface area (Å²) >= 11 is 3.51. The molecule has 124 valence electrons. The molecule has 0 saturated carbocycles. The molecule has 0 saturated heterocycles. The van der Waals surface area contributed by atoms with Gasteiger partial charge in [0.1, 0.15) is 0 Å². The predicted molar refractivity (Wildman–Crippen MR) is 105 cm³/mol. The first-order chi connectivity index (χ1) is 12.7. The van der Waals surface area contributed by atoms with Gasteiger partial charge >= 0.3 is 0 Å². The first-order valence-electron chi connectivity index (χ1n) is 8.09. The Balaban J connectivity index is 1.82. The second-order valence-electron chi connectivity index (χ2n) is 6.14. The molecule has 0 N–H and O–H groups in total. The number of hydrogen-bond donors (Lipinski definition) is 0. The lowest BCUT2D eigenvalue weighted by molar-refractivity contribution is 0.0894. The molecular formula is C21H11BrN2O2. The van der Waals surface area contributed by atoms with Crippen LogP contribution in [0.1, 0.15) is 20.7 Å². The molecule has 0 radical (unpaired) electrons. The summed E-state index contributed by atoms with van der Waals surface area (Å²) in [4.78, 5) is 31.9. The average molecular weight is 403 g/mol. The molecule has 5 heteroatoms. The minimum absolute atomic E-state index is 0.310. The van der Waals surface area contributed by atoms with Crippen molar-refractivity contribution in [2.45, 2.75) is 0 Å².